The van der Waals surface area contributed by atoms with Crippen molar-refractivity contribution < 1.29 is 27.5 Å². The minimum atomic E-state index is -3.48. The fourth-order valence-corrected chi connectivity index (χ4v) is 5.79. The molecule has 31 heavy (non-hydrogen) atoms. The fraction of sp³-hybridized carbons (Fsp3) is 0.550. The second-order valence-electron chi connectivity index (χ2n) is 7.12. The topological polar surface area (TPSA) is 107 Å². The maximum absolute atomic E-state index is 12.9. The van der Waals surface area contributed by atoms with Crippen LogP contribution in [-0.4, -0.2) is 67.8 Å². The Kier molecular flexibility index (Phi) is 7.63. The lowest BCUT2D eigenvalue weighted by molar-refractivity contribution is -0.121. The summed E-state index contributed by atoms with van der Waals surface area (Å²) in [4.78, 5) is 29.7. The van der Waals surface area contributed by atoms with Crippen LogP contribution in [0.2, 0.25) is 0 Å². The molecule has 2 aromatic rings. The van der Waals surface area contributed by atoms with Gasteiger partial charge in [-0.15, -0.1) is 0 Å². The highest BCUT2D eigenvalue weighted by Crippen LogP contribution is 2.23. The van der Waals surface area contributed by atoms with Crippen molar-refractivity contribution in [3.05, 3.63) is 28.6 Å². The molecule has 0 spiro atoms. The van der Waals surface area contributed by atoms with Gasteiger partial charge in [0, 0.05) is 19.7 Å². The lowest BCUT2D eigenvalue weighted by Crippen LogP contribution is -2.40. The van der Waals surface area contributed by atoms with Crippen LogP contribution in [0.3, 0.4) is 0 Å². The number of hydrogen-bond acceptors (Lipinski definition) is 7. The van der Waals surface area contributed by atoms with Gasteiger partial charge in [0.15, 0.2) is 4.80 Å². The quantitative estimate of drug-likeness (QED) is 0.431. The van der Waals surface area contributed by atoms with Gasteiger partial charge in [-0.1, -0.05) is 11.3 Å². The van der Waals surface area contributed by atoms with Gasteiger partial charge < -0.3 is 14.0 Å². The predicted octanol–water partition coefficient (Wildman–Crippen LogP) is 1.77. The summed E-state index contributed by atoms with van der Waals surface area (Å²) in [5.74, 6) is -0.895. The largest absolute Gasteiger partial charge is 0.462 e. The molecule has 3 rings (SSSR count). The van der Waals surface area contributed by atoms with Crippen LogP contribution >= 0.6 is 11.3 Å². The molecule has 1 amide bonds. The van der Waals surface area contributed by atoms with E-state index < -0.39 is 27.9 Å². The van der Waals surface area contributed by atoms with Gasteiger partial charge in [0.25, 0.3) is 5.91 Å². The maximum atomic E-state index is 12.9. The summed E-state index contributed by atoms with van der Waals surface area (Å²) in [7, 11) is -3.48. The molecule has 0 bridgehead atoms. The molecular formula is C20H27N3O6S2. The Labute approximate surface area is 185 Å². The third-order valence-corrected chi connectivity index (χ3v) is 7.31. The van der Waals surface area contributed by atoms with Gasteiger partial charge >= 0.3 is 5.97 Å². The third kappa shape index (κ3) is 5.40. The molecule has 1 atom stereocenters. The van der Waals surface area contributed by atoms with Crippen molar-refractivity contribution in [2.45, 2.75) is 39.3 Å². The molecule has 11 heteroatoms. The molecule has 1 aliphatic heterocycles. The van der Waals surface area contributed by atoms with Crippen molar-refractivity contribution in [1.29, 1.82) is 0 Å². The third-order valence-electron chi connectivity index (χ3n) is 4.98. The first kappa shape index (κ1) is 23.6. The van der Waals surface area contributed by atoms with Crippen molar-refractivity contribution in [3.63, 3.8) is 0 Å². The van der Waals surface area contributed by atoms with Gasteiger partial charge in [0.1, 0.15) is 6.04 Å². The number of nitrogens with zero attached hydrogens (tertiary/aromatic N) is 3. The monoisotopic (exact) mass is 469 g/mol. The molecular weight excluding hydrogens is 442 g/mol. The molecule has 2 heterocycles. The summed E-state index contributed by atoms with van der Waals surface area (Å²) in [5.41, 5.74) is 1.24. The number of fused-ring (bicyclic) bond motifs is 1. The van der Waals surface area contributed by atoms with Gasteiger partial charge in [-0.2, -0.15) is 9.30 Å². The van der Waals surface area contributed by atoms with Crippen molar-refractivity contribution in [2.75, 3.05) is 32.6 Å². The second kappa shape index (κ2) is 10.0. The molecule has 0 saturated carbocycles. The highest BCUT2D eigenvalue weighted by Gasteiger charge is 2.36. The molecule has 1 unspecified atom stereocenters. The van der Waals surface area contributed by atoms with Crippen LogP contribution in [0.15, 0.2) is 23.2 Å². The summed E-state index contributed by atoms with van der Waals surface area (Å²) in [6.07, 6.45) is 2.18. The van der Waals surface area contributed by atoms with E-state index in [9.17, 15) is 18.0 Å². The number of hydrogen-bond donors (Lipinski definition) is 0. The fourth-order valence-electron chi connectivity index (χ4n) is 3.57. The first-order chi connectivity index (χ1) is 14.8. The Hall–Kier alpha value is -2.08. The normalized spacial score (nSPS) is 18.0. The lowest BCUT2D eigenvalue weighted by atomic mass is 10.2. The van der Waals surface area contributed by atoms with E-state index in [2.05, 4.69) is 4.99 Å². The molecule has 0 N–H and O–H groups in total. The molecule has 1 fully saturated rings. The first-order valence-corrected chi connectivity index (χ1v) is 12.9. The Morgan fingerprint density at radius 3 is 2.71 bits per heavy atom. The number of ether oxygens (including phenoxy) is 2. The van der Waals surface area contributed by atoms with Crippen LogP contribution in [0.4, 0.5) is 0 Å². The van der Waals surface area contributed by atoms with Crippen molar-refractivity contribution in [3.8, 4) is 0 Å². The summed E-state index contributed by atoms with van der Waals surface area (Å²) < 4.78 is 38.4. The van der Waals surface area contributed by atoms with Crippen LogP contribution < -0.4 is 4.80 Å². The predicted molar refractivity (Wildman–Crippen MR) is 117 cm³/mol. The maximum Gasteiger partial charge on any atom is 0.338 e. The highest BCUT2D eigenvalue weighted by atomic mass is 32.2. The van der Waals surface area contributed by atoms with Crippen molar-refractivity contribution in [1.82, 2.24) is 8.87 Å². The van der Waals surface area contributed by atoms with E-state index in [4.69, 9.17) is 9.47 Å². The number of sulfonamides is 1. The van der Waals surface area contributed by atoms with E-state index in [1.807, 2.05) is 11.5 Å². The van der Waals surface area contributed by atoms with Gasteiger partial charge in [0.05, 0.1) is 35.2 Å². The number of rotatable bonds is 8. The second-order valence-corrected chi connectivity index (χ2v) is 10.1. The summed E-state index contributed by atoms with van der Waals surface area (Å²) in [6, 6.07) is 4.41. The van der Waals surface area contributed by atoms with E-state index in [-0.39, 0.29) is 6.61 Å². The van der Waals surface area contributed by atoms with Gasteiger partial charge in [-0.25, -0.2) is 13.2 Å². The van der Waals surface area contributed by atoms with E-state index in [1.54, 1.807) is 25.1 Å². The average molecular weight is 470 g/mol. The Morgan fingerprint density at radius 2 is 2.03 bits per heavy atom. The number of carbonyl (C=O) groups is 2. The summed E-state index contributed by atoms with van der Waals surface area (Å²) in [6.45, 7) is 5.71. The lowest BCUT2D eigenvalue weighted by Gasteiger charge is -2.18. The Balaban J connectivity index is 2.03. The number of thiazole rings is 1. The zero-order valence-electron chi connectivity index (χ0n) is 17.9. The van der Waals surface area contributed by atoms with Crippen LogP contribution in [0, 0.1) is 0 Å². The van der Waals surface area contributed by atoms with Gasteiger partial charge in [-0.05, 0) is 44.9 Å². The standard InChI is InChI=1S/C20H27N3O6S2/c1-4-28-12-11-22-15-9-8-14(19(25)29-5-2)13-17(15)30-20(22)21-18(24)16-7-6-10-23(16)31(3,26)27/h8-9,13,16H,4-7,10-12H2,1-3H3. The van der Waals surface area contributed by atoms with Crippen LogP contribution in [0.5, 0.6) is 0 Å². The van der Waals surface area contributed by atoms with Gasteiger partial charge in [-0.3, -0.25) is 4.79 Å². The molecule has 1 aliphatic rings. The summed E-state index contributed by atoms with van der Waals surface area (Å²) in [5, 5.41) is 0. The minimum Gasteiger partial charge on any atom is -0.462 e. The number of aromatic nitrogens is 1. The molecule has 1 aromatic carbocycles. The van der Waals surface area contributed by atoms with Crippen LogP contribution in [0.25, 0.3) is 10.2 Å². The van der Waals surface area contributed by atoms with E-state index in [0.717, 1.165) is 16.5 Å². The van der Waals surface area contributed by atoms with Crippen LogP contribution in [-0.2, 0) is 30.8 Å². The van der Waals surface area contributed by atoms with E-state index >= 15 is 0 Å². The molecule has 0 radical (unpaired) electrons. The minimum absolute atomic E-state index is 0.281. The van der Waals surface area contributed by atoms with E-state index in [1.165, 1.54) is 15.6 Å². The first-order valence-electron chi connectivity index (χ1n) is 10.2. The molecule has 1 saturated heterocycles. The Bertz CT molecular complexity index is 1140. The number of esters is 1. The molecule has 1 aromatic heterocycles. The molecule has 9 nitrogen and oxygen atoms in total. The highest BCUT2D eigenvalue weighted by molar-refractivity contribution is 7.88. The van der Waals surface area contributed by atoms with Gasteiger partial charge in [0.2, 0.25) is 10.0 Å². The number of amides is 1. The summed E-state index contributed by atoms with van der Waals surface area (Å²) >= 11 is 1.27. The van der Waals surface area contributed by atoms with Crippen LogP contribution in [0.1, 0.15) is 37.0 Å². The average Bonchev–Trinajstić information content (AvgIpc) is 3.33. The zero-order valence-corrected chi connectivity index (χ0v) is 19.5. The van der Waals surface area contributed by atoms with Crippen molar-refractivity contribution >= 4 is 43.5 Å². The van der Waals surface area contributed by atoms with Crippen molar-refractivity contribution in [2.24, 2.45) is 4.99 Å². The Morgan fingerprint density at radius 1 is 1.26 bits per heavy atom. The smallest absolute Gasteiger partial charge is 0.338 e. The zero-order chi connectivity index (χ0) is 22.6. The molecule has 0 aliphatic carbocycles. The molecule has 170 valence electrons. The number of carbonyl (C=O) groups excluding carboxylic acids is 2. The SMILES string of the molecule is CCOCCn1c(=NC(=O)C2CCCN2S(C)(=O)=O)sc2cc(C(=O)OCC)ccc21. The van der Waals surface area contributed by atoms with E-state index in [0.29, 0.717) is 49.5 Å². The number of benzene rings is 1.